The molecule has 0 bridgehead atoms. The maximum atomic E-state index is 13.9. The summed E-state index contributed by atoms with van der Waals surface area (Å²) in [6, 6.07) is 12.5. The van der Waals surface area contributed by atoms with Gasteiger partial charge in [-0.15, -0.1) is 0 Å². The summed E-state index contributed by atoms with van der Waals surface area (Å²) in [4.78, 5) is 30.2. The molecule has 1 N–H and O–H groups in total. The zero-order chi connectivity index (χ0) is 28.5. The molecule has 0 aliphatic carbocycles. The number of Topliss-reactive ketones (excluding diaryl/α,β-unsaturated/α-hetero) is 1. The van der Waals surface area contributed by atoms with Crippen molar-refractivity contribution < 1.29 is 22.7 Å². The molecule has 1 aliphatic rings. The molecular formula is C28H29Cl2N3O5S. The summed E-state index contributed by atoms with van der Waals surface area (Å²) in [6.45, 7) is 7.01. The Balaban J connectivity index is 1.71. The maximum Gasteiger partial charge on any atom is 0.407 e. The van der Waals surface area contributed by atoms with Crippen molar-refractivity contribution in [2.24, 2.45) is 0 Å². The molecule has 1 aliphatic heterocycles. The lowest BCUT2D eigenvalue weighted by atomic mass is 10.0. The number of hydrogen-bond acceptors (Lipinski definition) is 6. The van der Waals surface area contributed by atoms with Crippen LogP contribution in [0.4, 0.5) is 10.5 Å². The van der Waals surface area contributed by atoms with Crippen LogP contribution < -0.4 is 9.62 Å². The number of fused-ring (bicyclic) bond motifs is 1. The van der Waals surface area contributed by atoms with Crippen LogP contribution in [0.2, 0.25) is 10.0 Å². The van der Waals surface area contributed by atoms with Crippen molar-refractivity contribution in [2.75, 3.05) is 10.8 Å². The molecule has 8 nitrogen and oxygen atoms in total. The fourth-order valence-electron chi connectivity index (χ4n) is 4.33. The Bertz CT molecular complexity index is 1520. The van der Waals surface area contributed by atoms with Crippen molar-refractivity contribution in [3.8, 4) is 0 Å². The quantitative estimate of drug-likeness (QED) is 0.366. The van der Waals surface area contributed by atoms with E-state index in [4.69, 9.17) is 27.9 Å². The first-order chi connectivity index (χ1) is 18.2. The molecule has 1 aromatic heterocycles. The minimum Gasteiger partial charge on any atom is -0.444 e. The lowest BCUT2D eigenvalue weighted by Gasteiger charge is -2.35. The number of alkyl carbamates (subject to hydrolysis) is 1. The van der Waals surface area contributed by atoms with E-state index in [-0.39, 0.29) is 45.7 Å². The summed E-state index contributed by atoms with van der Waals surface area (Å²) < 4.78 is 34.3. The summed E-state index contributed by atoms with van der Waals surface area (Å²) in [7, 11) is -4.04. The zero-order valence-corrected chi connectivity index (χ0v) is 24.3. The summed E-state index contributed by atoms with van der Waals surface area (Å²) in [5.74, 6) is -0.319. The molecule has 1 atom stereocenters. The normalized spacial score (nSPS) is 15.4. The number of nitrogens with zero attached hydrogens (tertiary/aromatic N) is 2. The Morgan fingerprint density at radius 2 is 1.77 bits per heavy atom. The molecule has 206 valence electrons. The highest BCUT2D eigenvalue weighted by Crippen LogP contribution is 2.33. The van der Waals surface area contributed by atoms with Gasteiger partial charge in [0.2, 0.25) is 0 Å². The SMILES string of the molecule is Cc1cccc(S(=O)(=O)N2C[C@@H](NC(=O)OC(C)(C)C)Cc3ncc(CC(=O)c4c(Cl)cccc4Cl)cc32)c1. The zero-order valence-electron chi connectivity index (χ0n) is 22.0. The number of benzene rings is 2. The van der Waals surface area contributed by atoms with Crippen molar-refractivity contribution in [3.05, 3.63) is 87.2 Å². The summed E-state index contributed by atoms with van der Waals surface area (Å²) in [5, 5.41) is 3.24. The Morgan fingerprint density at radius 1 is 1.10 bits per heavy atom. The Morgan fingerprint density at radius 3 is 2.41 bits per heavy atom. The molecule has 11 heteroatoms. The predicted octanol–water partition coefficient (Wildman–Crippen LogP) is 5.77. The monoisotopic (exact) mass is 589 g/mol. The van der Waals surface area contributed by atoms with Crippen molar-refractivity contribution in [2.45, 2.75) is 57.1 Å². The number of pyridine rings is 1. The maximum absolute atomic E-state index is 13.9. The van der Waals surface area contributed by atoms with E-state index >= 15 is 0 Å². The predicted molar refractivity (Wildman–Crippen MR) is 151 cm³/mol. The number of hydrogen-bond donors (Lipinski definition) is 1. The van der Waals surface area contributed by atoms with E-state index in [1.807, 2.05) is 0 Å². The molecule has 0 unspecified atom stereocenters. The van der Waals surface area contributed by atoms with Gasteiger partial charge in [0.05, 0.1) is 44.5 Å². The van der Waals surface area contributed by atoms with E-state index in [9.17, 15) is 18.0 Å². The van der Waals surface area contributed by atoms with E-state index in [1.54, 1.807) is 70.2 Å². The van der Waals surface area contributed by atoms with Crippen LogP contribution in [0.1, 0.15) is 48.0 Å². The highest BCUT2D eigenvalue weighted by molar-refractivity contribution is 7.92. The van der Waals surface area contributed by atoms with Crippen LogP contribution in [0.3, 0.4) is 0 Å². The number of rotatable bonds is 6. The van der Waals surface area contributed by atoms with E-state index < -0.39 is 27.8 Å². The second-order valence-corrected chi connectivity index (χ2v) is 13.1. The van der Waals surface area contributed by atoms with Crippen molar-refractivity contribution in [1.82, 2.24) is 10.3 Å². The van der Waals surface area contributed by atoms with Crippen molar-refractivity contribution >= 4 is 50.8 Å². The summed E-state index contributed by atoms with van der Waals surface area (Å²) >= 11 is 12.4. The van der Waals surface area contributed by atoms with Gasteiger partial charge in [0.15, 0.2) is 5.78 Å². The summed E-state index contributed by atoms with van der Waals surface area (Å²) in [6.07, 6.45) is 1.07. The lowest BCUT2D eigenvalue weighted by Crippen LogP contribution is -2.51. The van der Waals surface area contributed by atoms with Crippen molar-refractivity contribution in [1.29, 1.82) is 0 Å². The Kier molecular flexibility index (Phi) is 8.25. The minimum atomic E-state index is -4.04. The van der Waals surface area contributed by atoms with Crippen LogP contribution in [-0.2, 0) is 27.6 Å². The van der Waals surface area contributed by atoms with Gasteiger partial charge in [-0.3, -0.25) is 14.1 Å². The number of carbonyl (C=O) groups excluding carboxylic acids is 2. The molecule has 0 fully saturated rings. The van der Waals surface area contributed by atoms with E-state index in [0.717, 1.165) is 5.56 Å². The number of aryl methyl sites for hydroxylation is 1. The highest BCUT2D eigenvalue weighted by Gasteiger charge is 2.36. The molecule has 3 aromatic rings. The molecule has 0 radical (unpaired) electrons. The molecule has 2 heterocycles. The topological polar surface area (TPSA) is 106 Å². The fraction of sp³-hybridized carbons (Fsp3) is 0.321. The Hall–Kier alpha value is -3.14. The average molecular weight is 591 g/mol. The largest absolute Gasteiger partial charge is 0.444 e. The first kappa shape index (κ1) is 28.9. The number of sulfonamides is 1. The van der Waals surface area contributed by atoms with Gasteiger partial charge in [-0.1, -0.05) is 41.4 Å². The third kappa shape index (κ3) is 6.72. The van der Waals surface area contributed by atoms with E-state index in [0.29, 0.717) is 16.9 Å². The van der Waals surface area contributed by atoms with Crippen LogP contribution in [0.5, 0.6) is 0 Å². The number of halogens is 2. The van der Waals surface area contributed by atoms with Gasteiger partial charge in [0.1, 0.15) is 5.60 Å². The lowest BCUT2D eigenvalue weighted by molar-refractivity contribution is 0.0505. The van der Waals surface area contributed by atoms with Crippen LogP contribution in [-0.4, -0.2) is 43.5 Å². The van der Waals surface area contributed by atoms with Gasteiger partial charge in [0.25, 0.3) is 10.0 Å². The first-order valence-electron chi connectivity index (χ1n) is 12.3. The number of aromatic nitrogens is 1. The number of ether oxygens (including phenoxy) is 1. The molecule has 0 saturated heterocycles. The van der Waals surface area contributed by atoms with Gasteiger partial charge in [0, 0.05) is 19.0 Å². The molecule has 0 spiro atoms. The molecule has 4 rings (SSSR count). The fourth-order valence-corrected chi connectivity index (χ4v) is 6.57. The van der Waals surface area contributed by atoms with E-state index in [1.165, 1.54) is 16.6 Å². The number of nitrogens with one attached hydrogen (secondary N) is 1. The summed E-state index contributed by atoms with van der Waals surface area (Å²) in [5.41, 5.74) is 1.57. The standard InChI is InChI=1S/C28H29Cl2N3O5S/c1-17-7-5-8-20(11-17)39(36,37)33-16-19(32-27(35)38-28(2,3)4)14-23-24(33)12-18(15-31-23)13-25(34)26-21(29)9-6-10-22(26)30/h5-12,15,19H,13-14,16H2,1-4H3,(H,32,35)/t19-/m0/s1. The van der Waals surface area contributed by atoms with Crippen molar-refractivity contribution in [3.63, 3.8) is 0 Å². The van der Waals surface area contributed by atoms with Gasteiger partial charge >= 0.3 is 6.09 Å². The number of amides is 1. The molecule has 0 saturated carbocycles. The number of ketones is 1. The number of carbonyl (C=O) groups is 2. The second-order valence-electron chi connectivity index (χ2n) is 10.4. The molecule has 1 amide bonds. The first-order valence-corrected chi connectivity index (χ1v) is 14.5. The van der Waals surface area contributed by atoms with E-state index in [2.05, 4.69) is 10.3 Å². The number of anilines is 1. The third-order valence-electron chi connectivity index (χ3n) is 6.00. The minimum absolute atomic E-state index is 0.0437. The molecule has 2 aromatic carbocycles. The third-order valence-corrected chi connectivity index (χ3v) is 8.41. The van der Waals surface area contributed by atoms with Crippen LogP contribution in [0.15, 0.2) is 59.6 Å². The average Bonchev–Trinajstić information content (AvgIpc) is 2.82. The van der Waals surface area contributed by atoms with Gasteiger partial charge < -0.3 is 10.1 Å². The molecule has 39 heavy (non-hydrogen) atoms. The Labute approximate surface area is 238 Å². The highest BCUT2D eigenvalue weighted by atomic mass is 35.5. The molecular weight excluding hydrogens is 561 g/mol. The smallest absolute Gasteiger partial charge is 0.407 e. The van der Waals surface area contributed by atoms with Crippen LogP contribution >= 0.6 is 23.2 Å². The van der Waals surface area contributed by atoms with Crippen LogP contribution in [0.25, 0.3) is 0 Å². The van der Waals surface area contributed by atoms with Crippen LogP contribution in [0, 0.1) is 6.92 Å². The van der Waals surface area contributed by atoms with Gasteiger partial charge in [-0.25, -0.2) is 13.2 Å². The second kappa shape index (κ2) is 11.2. The van der Waals surface area contributed by atoms with Gasteiger partial charge in [-0.05, 0) is 69.2 Å². The van der Waals surface area contributed by atoms with Gasteiger partial charge in [-0.2, -0.15) is 0 Å².